The van der Waals surface area contributed by atoms with Gasteiger partial charge in [0, 0.05) is 56.6 Å². The maximum atomic E-state index is 13.4. The summed E-state index contributed by atoms with van der Waals surface area (Å²) in [7, 11) is 0. The molecule has 10 heteroatoms. The van der Waals surface area contributed by atoms with E-state index in [4.69, 9.17) is 5.26 Å². The van der Waals surface area contributed by atoms with Crippen molar-refractivity contribution in [2.75, 3.05) is 37.7 Å². The maximum absolute atomic E-state index is 13.4. The summed E-state index contributed by atoms with van der Waals surface area (Å²) in [5.41, 5.74) is 0.193. The molecule has 2 fully saturated rings. The number of aryl methyl sites for hydroxylation is 1. The highest BCUT2D eigenvalue weighted by Crippen LogP contribution is 2.46. The minimum Gasteiger partial charge on any atom is -0.396 e. The lowest BCUT2D eigenvalue weighted by atomic mass is 9.71. The molecule has 1 aromatic heterocycles. The van der Waals surface area contributed by atoms with Crippen LogP contribution < -0.4 is 4.90 Å². The van der Waals surface area contributed by atoms with Crippen LogP contribution in [0.15, 0.2) is 24.4 Å². The Morgan fingerprint density at radius 3 is 2.59 bits per heavy atom. The second-order valence-electron chi connectivity index (χ2n) is 9.21. The van der Waals surface area contributed by atoms with E-state index >= 15 is 0 Å². The summed E-state index contributed by atoms with van der Waals surface area (Å²) >= 11 is 0. The first kappa shape index (κ1) is 24.1. The lowest BCUT2D eigenvalue weighted by molar-refractivity contribution is -0.137. The molecule has 1 unspecified atom stereocenters. The zero-order valence-electron chi connectivity index (χ0n) is 19.3. The largest absolute Gasteiger partial charge is 0.417 e. The van der Waals surface area contributed by atoms with Gasteiger partial charge in [0.25, 0.3) is 5.91 Å². The van der Waals surface area contributed by atoms with E-state index in [0.29, 0.717) is 56.8 Å². The van der Waals surface area contributed by atoms with Crippen LogP contribution in [0.1, 0.15) is 46.9 Å². The van der Waals surface area contributed by atoms with Crippen LogP contribution >= 0.6 is 0 Å². The molecule has 0 radical (unpaired) electrons. The minimum atomic E-state index is -4.60. The predicted molar refractivity (Wildman–Crippen MR) is 119 cm³/mol. The summed E-state index contributed by atoms with van der Waals surface area (Å²) in [5, 5.41) is 23.4. The van der Waals surface area contributed by atoms with E-state index in [-0.39, 0.29) is 23.8 Å². The molecule has 0 aliphatic carbocycles. The predicted octanol–water partition coefficient (Wildman–Crippen LogP) is 3.45. The average Bonchev–Trinajstić information content (AvgIpc) is 3.38. The van der Waals surface area contributed by atoms with Gasteiger partial charge in [0.15, 0.2) is 0 Å². The first-order valence-corrected chi connectivity index (χ1v) is 11.4. The van der Waals surface area contributed by atoms with Crippen LogP contribution in [0.2, 0.25) is 0 Å². The van der Waals surface area contributed by atoms with Crippen LogP contribution in [-0.2, 0) is 12.7 Å². The fourth-order valence-electron chi connectivity index (χ4n) is 5.42. The van der Waals surface area contributed by atoms with Gasteiger partial charge in [-0.05, 0) is 50.3 Å². The number of alkyl halides is 3. The summed E-state index contributed by atoms with van der Waals surface area (Å²) in [4.78, 5) is 16.9. The summed E-state index contributed by atoms with van der Waals surface area (Å²) in [6.07, 6.45) is -1.71. The van der Waals surface area contributed by atoms with Gasteiger partial charge in [0.1, 0.15) is 0 Å². The van der Waals surface area contributed by atoms with Crippen molar-refractivity contribution in [3.05, 3.63) is 46.8 Å². The van der Waals surface area contributed by atoms with Gasteiger partial charge in [-0.15, -0.1) is 0 Å². The Labute approximate surface area is 196 Å². The van der Waals surface area contributed by atoms with E-state index < -0.39 is 17.3 Å². The van der Waals surface area contributed by atoms with E-state index in [1.165, 1.54) is 6.07 Å². The number of benzene rings is 1. The molecule has 2 aliphatic heterocycles. The number of hydrogen-bond acceptors (Lipinski definition) is 5. The maximum Gasteiger partial charge on any atom is 0.417 e. The van der Waals surface area contributed by atoms with Crippen LogP contribution in [0.25, 0.3) is 0 Å². The van der Waals surface area contributed by atoms with Crippen molar-refractivity contribution in [3.63, 3.8) is 0 Å². The number of likely N-dealkylation sites (tertiary alicyclic amines) is 1. The number of halogens is 3. The van der Waals surface area contributed by atoms with Gasteiger partial charge in [-0.25, -0.2) is 0 Å². The van der Waals surface area contributed by atoms with Crippen molar-refractivity contribution in [1.82, 2.24) is 14.7 Å². The molecule has 3 heterocycles. The van der Waals surface area contributed by atoms with Gasteiger partial charge in [-0.2, -0.15) is 23.5 Å². The van der Waals surface area contributed by atoms with Gasteiger partial charge in [0.2, 0.25) is 0 Å². The van der Waals surface area contributed by atoms with Crippen molar-refractivity contribution < 1.29 is 23.1 Å². The Morgan fingerprint density at radius 1 is 1.32 bits per heavy atom. The quantitative estimate of drug-likeness (QED) is 0.732. The number of carbonyl (C=O) groups is 1. The highest BCUT2D eigenvalue weighted by molar-refractivity contribution is 5.95. The van der Waals surface area contributed by atoms with Gasteiger partial charge in [-0.1, -0.05) is 0 Å². The number of hydrogen-bond donors (Lipinski definition) is 1. The summed E-state index contributed by atoms with van der Waals surface area (Å²) < 4.78 is 41.9. The second-order valence-corrected chi connectivity index (χ2v) is 9.21. The number of anilines is 1. The molecular formula is C24H28F3N5O2. The molecule has 2 aromatic rings. The van der Waals surface area contributed by atoms with Crippen LogP contribution in [0.3, 0.4) is 0 Å². The van der Waals surface area contributed by atoms with Gasteiger partial charge in [0.05, 0.1) is 29.0 Å². The standard InChI is InChI=1S/C24H28F3N5O2/c1-3-32-16(2)20(12-29-32)22(34)31-13-18(14-33)23(15-31)6-8-30(9-7-23)19-5-4-17(11-28)21(10-19)24(25,26)27/h4-5,10,12,18,33H,3,6-9,13-15H2,1-2H3. The van der Waals surface area contributed by atoms with Crippen LogP contribution in [0, 0.1) is 29.6 Å². The molecule has 1 amide bonds. The molecular weight excluding hydrogens is 447 g/mol. The lowest BCUT2D eigenvalue weighted by Crippen LogP contribution is -2.45. The fourth-order valence-corrected chi connectivity index (χ4v) is 5.42. The molecule has 0 bridgehead atoms. The number of nitrogens with zero attached hydrogens (tertiary/aromatic N) is 5. The number of aliphatic hydroxyl groups excluding tert-OH is 1. The van der Waals surface area contributed by atoms with Gasteiger partial charge >= 0.3 is 6.18 Å². The fraction of sp³-hybridized carbons (Fsp3) is 0.542. The molecule has 0 saturated carbocycles. The molecule has 34 heavy (non-hydrogen) atoms. The third kappa shape index (κ3) is 4.13. The van der Waals surface area contributed by atoms with Crippen molar-refractivity contribution in [2.45, 2.75) is 39.4 Å². The van der Waals surface area contributed by atoms with Crippen LogP contribution in [0.4, 0.5) is 18.9 Å². The average molecular weight is 476 g/mol. The third-order valence-electron chi connectivity index (χ3n) is 7.51. The number of carbonyl (C=O) groups excluding carboxylic acids is 1. The minimum absolute atomic E-state index is 0.0495. The van der Waals surface area contributed by atoms with Crippen LogP contribution in [0.5, 0.6) is 0 Å². The van der Waals surface area contributed by atoms with Gasteiger partial charge < -0.3 is 14.9 Å². The number of piperidine rings is 1. The number of rotatable bonds is 4. The Hall–Kier alpha value is -3.06. The van der Waals surface area contributed by atoms with Crippen molar-refractivity contribution in [3.8, 4) is 6.07 Å². The van der Waals surface area contributed by atoms with Crippen molar-refractivity contribution in [2.24, 2.45) is 11.3 Å². The Morgan fingerprint density at radius 2 is 2.03 bits per heavy atom. The zero-order chi connectivity index (χ0) is 24.7. The smallest absolute Gasteiger partial charge is 0.396 e. The highest BCUT2D eigenvalue weighted by Gasteiger charge is 2.49. The molecule has 1 aromatic carbocycles. The van der Waals surface area contributed by atoms with Gasteiger partial charge in [-0.3, -0.25) is 9.48 Å². The number of amides is 1. The Kier molecular flexibility index (Phi) is 6.34. The lowest BCUT2D eigenvalue weighted by Gasteiger charge is -2.43. The summed E-state index contributed by atoms with van der Waals surface area (Å²) in [6, 6.07) is 5.42. The molecule has 182 valence electrons. The normalized spacial score (nSPS) is 20.1. The van der Waals surface area contributed by atoms with Crippen molar-refractivity contribution in [1.29, 1.82) is 5.26 Å². The highest BCUT2D eigenvalue weighted by atomic mass is 19.4. The van der Waals surface area contributed by atoms with E-state index in [2.05, 4.69) is 5.10 Å². The first-order chi connectivity index (χ1) is 16.1. The number of nitriles is 1. The Balaban J connectivity index is 1.50. The van der Waals surface area contributed by atoms with E-state index in [1.54, 1.807) is 27.9 Å². The first-order valence-electron chi connectivity index (χ1n) is 11.4. The SMILES string of the molecule is CCn1ncc(C(=O)N2CC(CO)C3(CCN(c4ccc(C#N)c(C(F)(F)F)c4)CC3)C2)c1C. The topological polar surface area (TPSA) is 85.4 Å². The molecule has 7 nitrogen and oxygen atoms in total. The Bertz CT molecular complexity index is 1110. The van der Waals surface area contributed by atoms with Crippen LogP contribution in [-0.4, -0.2) is 58.5 Å². The molecule has 1 atom stereocenters. The zero-order valence-corrected chi connectivity index (χ0v) is 19.3. The second kappa shape index (κ2) is 8.95. The number of aliphatic hydroxyl groups is 1. The van der Waals surface area contributed by atoms with E-state index in [1.807, 2.05) is 18.7 Å². The molecule has 1 N–H and O–H groups in total. The molecule has 4 rings (SSSR count). The van der Waals surface area contributed by atoms with E-state index in [0.717, 1.165) is 11.8 Å². The molecule has 2 aliphatic rings. The molecule has 2 saturated heterocycles. The molecule has 1 spiro atoms. The van der Waals surface area contributed by atoms with E-state index in [9.17, 15) is 23.1 Å². The third-order valence-corrected chi connectivity index (χ3v) is 7.51. The van der Waals surface area contributed by atoms with Crippen molar-refractivity contribution >= 4 is 11.6 Å². The number of aromatic nitrogens is 2. The summed E-state index contributed by atoms with van der Waals surface area (Å²) in [6.45, 7) is 6.41. The monoisotopic (exact) mass is 475 g/mol. The summed E-state index contributed by atoms with van der Waals surface area (Å²) in [5.74, 6) is -0.191.